The van der Waals surface area contributed by atoms with Gasteiger partial charge in [-0.1, -0.05) is 17.7 Å². The number of benzene rings is 1. The molecule has 4 nitrogen and oxygen atoms in total. The number of nitrogens with one attached hydrogen (secondary N) is 1. The molecule has 3 N–H and O–H groups in total. The van der Waals surface area contributed by atoms with E-state index in [1.54, 1.807) is 0 Å². The predicted molar refractivity (Wildman–Crippen MR) is 64.9 cm³/mol. The van der Waals surface area contributed by atoms with Crippen LogP contribution >= 0.6 is 11.6 Å². The molecule has 1 aromatic carbocycles. The Labute approximate surface area is 112 Å². The van der Waals surface area contributed by atoms with Crippen molar-refractivity contribution in [3.8, 4) is 0 Å². The average molecular weight is 297 g/mol. The molecule has 1 rings (SSSR count). The Morgan fingerprint density at radius 3 is 2.68 bits per heavy atom. The molecule has 0 heterocycles. The highest BCUT2D eigenvalue weighted by Crippen LogP contribution is 2.38. The number of para-hydroxylation sites is 1. The molecule has 0 saturated carbocycles. The molecule has 0 aromatic heterocycles. The Morgan fingerprint density at radius 1 is 1.53 bits per heavy atom. The number of amides is 1. The zero-order valence-electron chi connectivity index (χ0n) is 9.92. The summed E-state index contributed by atoms with van der Waals surface area (Å²) in [4.78, 5) is 11.6. The fraction of sp³-hybridized carbons (Fsp3) is 0.364. The number of rotatable bonds is 4. The van der Waals surface area contributed by atoms with Gasteiger partial charge in [0.05, 0.1) is 22.9 Å². The number of carbonyl (C=O) groups is 1. The Kier molecular flexibility index (Phi) is 5.16. The summed E-state index contributed by atoms with van der Waals surface area (Å²) >= 11 is 5.67. The number of carbonyl (C=O) groups excluding carboxylic acids is 1. The summed E-state index contributed by atoms with van der Waals surface area (Å²) in [7, 11) is 1.32. The molecule has 1 atom stereocenters. The van der Waals surface area contributed by atoms with Gasteiger partial charge in [0.1, 0.15) is 6.04 Å². The molecule has 1 amide bonds. The molecule has 0 aliphatic heterocycles. The van der Waals surface area contributed by atoms with Gasteiger partial charge < -0.3 is 15.8 Å². The first-order valence-corrected chi connectivity index (χ1v) is 5.56. The number of hydrogen-bond donors (Lipinski definition) is 2. The highest BCUT2D eigenvalue weighted by Gasteiger charge is 2.35. The summed E-state index contributed by atoms with van der Waals surface area (Å²) in [6.45, 7) is -0.113. The maximum Gasteiger partial charge on any atom is 0.418 e. The fourth-order valence-electron chi connectivity index (χ4n) is 1.36. The second-order valence-corrected chi connectivity index (χ2v) is 4.12. The molecule has 106 valence electrons. The quantitative estimate of drug-likeness (QED) is 0.896. The van der Waals surface area contributed by atoms with Gasteiger partial charge in [-0.05, 0) is 12.1 Å². The minimum Gasteiger partial charge on any atom is -0.383 e. The van der Waals surface area contributed by atoms with Gasteiger partial charge in [0.15, 0.2) is 0 Å². The number of hydrogen-bond acceptors (Lipinski definition) is 3. The van der Waals surface area contributed by atoms with Gasteiger partial charge >= 0.3 is 6.18 Å². The van der Waals surface area contributed by atoms with Crippen LogP contribution in [0.4, 0.5) is 18.9 Å². The van der Waals surface area contributed by atoms with Crippen LogP contribution < -0.4 is 11.1 Å². The molecule has 0 bridgehead atoms. The van der Waals surface area contributed by atoms with Crippen LogP contribution in [-0.2, 0) is 15.7 Å². The molecule has 0 aliphatic rings. The first-order chi connectivity index (χ1) is 8.77. The normalized spacial score (nSPS) is 13.2. The molecule has 0 spiro atoms. The summed E-state index contributed by atoms with van der Waals surface area (Å²) in [5.74, 6) is -0.805. The van der Waals surface area contributed by atoms with Crippen LogP contribution in [0.5, 0.6) is 0 Å². The maximum absolute atomic E-state index is 12.8. The second-order valence-electron chi connectivity index (χ2n) is 3.71. The van der Waals surface area contributed by atoms with Crippen molar-refractivity contribution < 1.29 is 22.7 Å². The summed E-state index contributed by atoms with van der Waals surface area (Å²) in [6, 6.07) is 2.13. The van der Waals surface area contributed by atoms with E-state index in [1.165, 1.54) is 13.2 Å². The van der Waals surface area contributed by atoms with E-state index >= 15 is 0 Å². The largest absolute Gasteiger partial charge is 0.418 e. The van der Waals surface area contributed by atoms with Gasteiger partial charge in [-0.3, -0.25) is 4.79 Å². The first kappa shape index (κ1) is 15.7. The van der Waals surface area contributed by atoms with Crippen molar-refractivity contribution in [1.82, 2.24) is 0 Å². The van der Waals surface area contributed by atoms with E-state index < -0.39 is 29.4 Å². The predicted octanol–water partition coefficient (Wildman–Crippen LogP) is 2.27. The van der Waals surface area contributed by atoms with E-state index in [9.17, 15) is 18.0 Å². The zero-order valence-corrected chi connectivity index (χ0v) is 10.7. The molecule has 8 heteroatoms. The standard InChI is InChI=1S/C11H12ClF3N2O2/c1-19-5-8(16)10(18)17-9-6(11(13,14)15)3-2-4-7(9)12/h2-4,8H,5,16H2,1H3,(H,17,18). The van der Waals surface area contributed by atoms with E-state index in [-0.39, 0.29) is 11.6 Å². The number of alkyl halides is 3. The Hall–Kier alpha value is -1.31. The highest BCUT2D eigenvalue weighted by molar-refractivity contribution is 6.34. The molecule has 19 heavy (non-hydrogen) atoms. The summed E-state index contributed by atoms with van der Waals surface area (Å²) in [6.07, 6.45) is -4.63. The summed E-state index contributed by atoms with van der Waals surface area (Å²) in [5, 5.41) is 1.86. The Bertz CT molecular complexity index is 466. The molecule has 0 radical (unpaired) electrons. The van der Waals surface area contributed by atoms with Crippen LogP contribution in [0.2, 0.25) is 5.02 Å². The second kappa shape index (κ2) is 6.23. The lowest BCUT2D eigenvalue weighted by Crippen LogP contribution is -2.39. The van der Waals surface area contributed by atoms with E-state index in [0.717, 1.165) is 12.1 Å². The highest BCUT2D eigenvalue weighted by atomic mass is 35.5. The Balaban J connectivity index is 3.04. The molecule has 1 aromatic rings. The van der Waals surface area contributed by atoms with Crippen molar-refractivity contribution in [3.05, 3.63) is 28.8 Å². The molecule has 0 saturated heterocycles. The molecule has 0 fully saturated rings. The number of ether oxygens (including phenoxy) is 1. The van der Waals surface area contributed by atoms with E-state index in [1.807, 2.05) is 0 Å². The van der Waals surface area contributed by atoms with Crippen LogP contribution in [0.25, 0.3) is 0 Å². The molecule has 0 aliphatic carbocycles. The minimum atomic E-state index is -4.63. The lowest BCUT2D eigenvalue weighted by molar-refractivity contribution is -0.137. The van der Waals surface area contributed by atoms with Crippen LogP contribution in [0.15, 0.2) is 18.2 Å². The smallest absolute Gasteiger partial charge is 0.383 e. The summed E-state index contributed by atoms with van der Waals surface area (Å²) < 4.78 is 42.9. The number of anilines is 1. The van der Waals surface area contributed by atoms with E-state index in [4.69, 9.17) is 17.3 Å². The van der Waals surface area contributed by atoms with Crippen molar-refractivity contribution in [2.24, 2.45) is 5.73 Å². The van der Waals surface area contributed by atoms with E-state index in [2.05, 4.69) is 10.1 Å². The number of methoxy groups -OCH3 is 1. The third-order valence-corrected chi connectivity index (χ3v) is 2.57. The van der Waals surface area contributed by atoms with Gasteiger partial charge in [0, 0.05) is 7.11 Å². The lowest BCUT2D eigenvalue weighted by atomic mass is 10.1. The fourth-order valence-corrected chi connectivity index (χ4v) is 1.58. The van der Waals surface area contributed by atoms with E-state index in [0.29, 0.717) is 0 Å². The third kappa shape index (κ3) is 4.09. The van der Waals surface area contributed by atoms with Gasteiger partial charge in [0.2, 0.25) is 5.91 Å². The van der Waals surface area contributed by atoms with Crippen LogP contribution in [-0.4, -0.2) is 25.7 Å². The first-order valence-electron chi connectivity index (χ1n) is 5.18. The zero-order chi connectivity index (χ0) is 14.6. The molecular weight excluding hydrogens is 285 g/mol. The lowest BCUT2D eigenvalue weighted by Gasteiger charge is -2.17. The van der Waals surface area contributed by atoms with Crippen LogP contribution in [0, 0.1) is 0 Å². The number of nitrogens with two attached hydrogens (primary N) is 1. The topological polar surface area (TPSA) is 64.3 Å². The Morgan fingerprint density at radius 2 is 2.16 bits per heavy atom. The van der Waals surface area contributed by atoms with Gasteiger partial charge in [-0.25, -0.2) is 0 Å². The van der Waals surface area contributed by atoms with Crippen molar-refractivity contribution >= 4 is 23.2 Å². The average Bonchev–Trinajstić information content (AvgIpc) is 2.30. The van der Waals surface area contributed by atoms with Crippen LogP contribution in [0.3, 0.4) is 0 Å². The van der Waals surface area contributed by atoms with Crippen LogP contribution in [0.1, 0.15) is 5.56 Å². The van der Waals surface area contributed by atoms with Crippen molar-refractivity contribution in [1.29, 1.82) is 0 Å². The third-order valence-electron chi connectivity index (χ3n) is 2.25. The van der Waals surface area contributed by atoms with Gasteiger partial charge in [-0.15, -0.1) is 0 Å². The molecular formula is C11H12ClF3N2O2. The number of halogens is 4. The van der Waals surface area contributed by atoms with Gasteiger partial charge in [0.25, 0.3) is 0 Å². The van der Waals surface area contributed by atoms with Crippen molar-refractivity contribution in [2.45, 2.75) is 12.2 Å². The molecule has 1 unspecified atom stereocenters. The summed E-state index contributed by atoms with van der Waals surface area (Å²) in [5.41, 5.74) is 3.89. The van der Waals surface area contributed by atoms with Crippen molar-refractivity contribution in [2.75, 3.05) is 19.0 Å². The van der Waals surface area contributed by atoms with Crippen molar-refractivity contribution in [3.63, 3.8) is 0 Å². The SMILES string of the molecule is COCC(N)C(=O)Nc1c(Cl)cccc1C(F)(F)F. The monoisotopic (exact) mass is 296 g/mol. The maximum atomic E-state index is 12.8. The minimum absolute atomic E-state index is 0.113. The van der Waals surface area contributed by atoms with Gasteiger partial charge in [-0.2, -0.15) is 13.2 Å².